The Morgan fingerprint density at radius 2 is 1.88 bits per heavy atom. The molecule has 0 aromatic heterocycles. The van der Waals surface area contributed by atoms with E-state index in [2.05, 4.69) is 24.3 Å². The topological polar surface area (TPSA) is 46.5 Å². The SMILES string of the molecule is O=C(O)COCCc1ccc2ccccc2c1. The molecular weight excluding hydrogens is 216 g/mol. The molecule has 0 saturated carbocycles. The molecule has 1 N–H and O–H groups in total. The predicted molar refractivity (Wildman–Crippen MR) is 66.1 cm³/mol. The number of rotatable bonds is 5. The summed E-state index contributed by atoms with van der Waals surface area (Å²) < 4.78 is 5.01. The van der Waals surface area contributed by atoms with Crippen LogP contribution in [0.4, 0.5) is 0 Å². The number of hydrogen-bond acceptors (Lipinski definition) is 2. The van der Waals surface area contributed by atoms with Crippen LogP contribution in [0.25, 0.3) is 10.8 Å². The van der Waals surface area contributed by atoms with Crippen LogP contribution >= 0.6 is 0 Å². The molecule has 2 aromatic carbocycles. The van der Waals surface area contributed by atoms with Gasteiger partial charge in [0.15, 0.2) is 0 Å². The van der Waals surface area contributed by atoms with Gasteiger partial charge >= 0.3 is 5.97 Å². The van der Waals surface area contributed by atoms with Crippen LogP contribution in [0.15, 0.2) is 42.5 Å². The number of carboxylic acids is 1. The quantitative estimate of drug-likeness (QED) is 0.803. The molecule has 0 saturated heterocycles. The van der Waals surface area contributed by atoms with Crippen molar-refractivity contribution in [2.45, 2.75) is 6.42 Å². The van der Waals surface area contributed by atoms with Gasteiger partial charge in [-0.1, -0.05) is 42.5 Å². The Morgan fingerprint density at radius 3 is 2.65 bits per heavy atom. The highest BCUT2D eigenvalue weighted by Crippen LogP contribution is 2.15. The second-order valence-corrected chi connectivity index (χ2v) is 3.88. The first-order valence-electron chi connectivity index (χ1n) is 5.53. The van der Waals surface area contributed by atoms with Crippen molar-refractivity contribution in [3.05, 3.63) is 48.0 Å². The minimum Gasteiger partial charge on any atom is -0.480 e. The molecule has 0 spiro atoms. The highest BCUT2D eigenvalue weighted by atomic mass is 16.5. The van der Waals surface area contributed by atoms with E-state index in [-0.39, 0.29) is 6.61 Å². The van der Waals surface area contributed by atoms with Crippen LogP contribution in [0.1, 0.15) is 5.56 Å². The number of carboxylic acid groups (broad SMARTS) is 1. The summed E-state index contributed by atoms with van der Waals surface area (Å²) in [6.45, 7) is 0.207. The highest BCUT2D eigenvalue weighted by Gasteiger charge is 1.99. The average molecular weight is 230 g/mol. The van der Waals surface area contributed by atoms with Crippen molar-refractivity contribution in [3.8, 4) is 0 Å². The van der Waals surface area contributed by atoms with Gasteiger partial charge in [0, 0.05) is 0 Å². The van der Waals surface area contributed by atoms with Crippen LogP contribution in [0, 0.1) is 0 Å². The van der Waals surface area contributed by atoms with Crippen molar-refractivity contribution in [3.63, 3.8) is 0 Å². The summed E-state index contributed by atoms with van der Waals surface area (Å²) in [5, 5.41) is 10.8. The summed E-state index contributed by atoms with van der Waals surface area (Å²) in [5.74, 6) is -0.927. The number of hydrogen-bond donors (Lipinski definition) is 1. The first kappa shape index (κ1) is 11.6. The lowest BCUT2D eigenvalue weighted by Gasteiger charge is -2.04. The largest absolute Gasteiger partial charge is 0.480 e. The van der Waals surface area contributed by atoms with E-state index < -0.39 is 5.97 Å². The van der Waals surface area contributed by atoms with Crippen molar-refractivity contribution < 1.29 is 14.6 Å². The standard InChI is InChI=1S/C14H14O3/c15-14(16)10-17-8-7-11-5-6-12-3-1-2-4-13(12)9-11/h1-6,9H,7-8,10H2,(H,15,16). The monoisotopic (exact) mass is 230 g/mol. The molecule has 0 heterocycles. The molecule has 0 atom stereocenters. The third-order valence-electron chi connectivity index (χ3n) is 2.57. The minimum absolute atomic E-state index is 0.229. The summed E-state index contributed by atoms with van der Waals surface area (Å²) in [6, 6.07) is 14.4. The minimum atomic E-state index is -0.927. The lowest BCUT2D eigenvalue weighted by Crippen LogP contribution is -2.08. The van der Waals surface area contributed by atoms with Crippen LogP contribution in [-0.2, 0) is 16.0 Å². The summed E-state index contributed by atoms with van der Waals surface area (Å²) in [5.41, 5.74) is 1.16. The number of aliphatic carboxylic acids is 1. The number of carbonyl (C=O) groups is 1. The van der Waals surface area contributed by atoms with E-state index in [9.17, 15) is 4.79 Å². The Labute approximate surface area is 99.6 Å². The van der Waals surface area contributed by atoms with Gasteiger partial charge in [0.05, 0.1) is 6.61 Å². The average Bonchev–Trinajstić information content (AvgIpc) is 2.34. The molecule has 0 aliphatic carbocycles. The van der Waals surface area contributed by atoms with Gasteiger partial charge in [0.2, 0.25) is 0 Å². The molecule has 3 heteroatoms. The maximum absolute atomic E-state index is 10.3. The van der Waals surface area contributed by atoms with Crippen LogP contribution in [0.5, 0.6) is 0 Å². The van der Waals surface area contributed by atoms with Crippen LogP contribution in [-0.4, -0.2) is 24.3 Å². The third-order valence-corrected chi connectivity index (χ3v) is 2.57. The zero-order valence-electron chi connectivity index (χ0n) is 9.43. The van der Waals surface area contributed by atoms with Gasteiger partial charge in [-0.05, 0) is 22.8 Å². The molecule has 0 bridgehead atoms. The summed E-state index contributed by atoms with van der Waals surface area (Å²) in [6.07, 6.45) is 0.734. The van der Waals surface area contributed by atoms with Crippen LogP contribution in [0.3, 0.4) is 0 Å². The van der Waals surface area contributed by atoms with E-state index in [0.717, 1.165) is 12.0 Å². The van der Waals surface area contributed by atoms with Gasteiger partial charge in [-0.2, -0.15) is 0 Å². The van der Waals surface area contributed by atoms with Crippen molar-refractivity contribution in [2.24, 2.45) is 0 Å². The van der Waals surface area contributed by atoms with Gasteiger partial charge in [0.25, 0.3) is 0 Å². The Balaban J connectivity index is 1.97. The van der Waals surface area contributed by atoms with E-state index in [1.807, 2.05) is 18.2 Å². The first-order valence-corrected chi connectivity index (χ1v) is 5.53. The molecule has 0 fully saturated rings. The number of ether oxygens (including phenoxy) is 1. The fraction of sp³-hybridized carbons (Fsp3) is 0.214. The first-order chi connectivity index (χ1) is 8.25. The summed E-state index contributed by atoms with van der Waals surface area (Å²) in [7, 11) is 0. The molecule has 3 nitrogen and oxygen atoms in total. The smallest absolute Gasteiger partial charge is 0.329 e. The van der Waals surface area contributed by atoms with E-state index in [0.29, 0.717) is 6.61 Å². The summed E-state index contributed by atoms with van der Waals surface area (Å²) >= 11 is 0. The van der Waals surface area contributed by atoms with Gasteiger partial charge in [-0.25, -0.2) is 4.79 Å². The molecule has 0 aliphatic rings. The molecule has 2 aromatic rings. The van der Waals surface area contributed by atoms with E-state index in [4.69, 9.17) is 9.84 Å². The lowest BCUT2D eigenvalue weighted by molar-refractivity contribution is -0.142. The fourth-order valence-corrected chi connectivity index (χ4v) is 1.74. The molecule has 88 valence electrons. The third kappa shape index (κ3) is 3.29. The van der Waals surface area contributed by atoms with Crippen molar-refractivity contribution in [1.82, 2.24) is 0 Å². The summed E-state index contributed by atoms with van der Waals surface area (Å²) in [4.78, 5) is 10.3. The van der Waals surface area contributed by atoms with Crippen molar-refractivity contribution in [2.75, 3.05) is 13.2 Å². The number of fused-ring (bicyclic) bond motifs is 1. The Morgan fingerprint density at radius 1 is 1.12 bits per heavy atom. The molecule has 0 unspecified atom stereocenters. The normalized spacial score (nSPS) is 10.6. The molecule has 0 radical (unpaired) electrons. The lowest BCUT2D eigenvalue weighted by atomic mass is 10.1. The van der Waals surface area contributed by atoms with Gasteiger partial charge in [-0.15, -0.1) is 0 Å². The highest BCUT2D eigenvalue weighted by molar-refractivity contribution is 5.82. The van der Waals surface area contributed by atoms with Gasteiger partial charge < -0.3 is 9.84 Å². The van der Waals surface area contributed by atoms with Crippen molar-refractivity contribution in [1.29, 1.82) is 0 Å². The Kier molecular flexibility index (Phi) is 3.73. The van der Waals surface area contributed by atoms with E-state index in [1.54, 1.807) is 0 Å². The zero-order valence-corrected chi connectivity index (χ0v) is 9.43. The fourth-order valence-electron chi connectivity index (χ4n) is 1.74. The Bertz CT molecular complexity index is 520. The van der Waals surface area contributed by atoms with Gasteiger partial charge in [-0.3, -0.25) is 0 Å². The second kappa shape index (κ2) is 5.46. The van der Waals surface area contributed by atoms with E-state index >= 15 is 0 Å². The maximum Gasteiger partial charge on any atom is 0.329 e. The second-order valence-electron chi connectivity index (χ2n) is 3.88. The molecular formula is C14H14O3. The van der Waals surface area contributed by atoms with Crippen LogP contribution in [0.2, 0.25) is 0 Å². The number of benzene rings is 2. The molecule has 0 amide bonds. The van der Waals surface area contributed by atoms with Crippen molar-refractivity contribution >= 4 is 16.7 Å². The predicted octanol–water partition coefficient (Wildman–Crippen LogP) is 2.48. The molecule has 0 aliphatic heterocycles. The maximum atomic E-state index is 10.3. The Hall–Kier alpha value is -1.87. The van der Waals surface area contributed by atoms with Crippen LogP contribution < -0.4 is 0 Å². The molecule has 17 heavy (non-hydrogen) atoms. The molecule has 2 rings (SSSR count). The van der Waals surface area contributed by atoms with Gasteiger partial charge in [0.1, 0.15) is 6.61 Å². The van der Waals surface area contributed by atoms with E-state index in [1.165, 1.54) is 10.8 Å². The zero-order chi connectivity index (χ0) is 12.1.